The Morgan fingerprint density at radius 3 is 1.27 bits per heavy atom. The Kier molecular flexibility index (Phi) is 13.4. The van der Waals surface area contributed by atoms with Gasteiger partial charge in [-0.05, 0) is 145 Å². The van der Waals surface area contributed by atoms with Crippen LogP contribution in [0, 0.1) is 20.8 Å². The first kappa shape index (κ1) is 51.5. The summed E-state index contributed by atoms with van der Waals surface area (Å²) in [5.74, 6) is 0.427. The first-order valence-electron chi connectivity index (χ1n) is 25.9. The lowest BCUT2D eigenvalue weighted by Crippen LogP contribution is -2.48. The maximum Gasteiger partial charge on any atom is 0.279 e. The number of aryl methyl sites for hydroxylation is 3. The van der Waals surface area contributed by atoms with Crippen LogP contribution in [-0.2, 0) is 17.0 Å². The molecule has 0 bridgehead atoms. The topological polar surface area (TPSA) is 344 Å². The normalized spacial score (nSPS) is 18.6. The van der Waals surface area contributed by atoms with E-state index < -0.39 is 17.0 Å². The smallest absolute Gasteiger partial charge is 0.279 e. The van der Waals surface area contributed by atoms with Crippen molar-refractivity contribution in [2.75, 3.05) is 22.5 Å². The molecular weight excluding hydrogens is 989 g/mol. The zero-order valence-electron chi connectivity index (χ0n) is 43.1. The molecule has 6 aromatic heterocycles. The van der Waals surface area contributed by atoms with Crippen molar-refractivity contribution < 1.29 is 24.8 Å². The van der Waals surface area contributed by atoms with E-state index in [1.54, 1.807) is 50.1 Å². The number of nitrogens with zero attached hydrogens (tertiary/aromatic N) is 9. The minimum atomic E-state index is -0.637. The summed E-state index contributed by atoms with van der Waals surface area (Å²) in [5, 5.41) is 32.0. The molecule has 0 atom stereocenters. The van der Waals surface area contributed by atoms with Crippen LogP contribution in [0.25, 0.3) is 0 Å². The van der Waals surface area contributed by atoms with Crippen LogP contribution in [0.4, 0.5) is 40.3 Å². The minimum Gasteiger partial charge on any atom is -0.427 e. The number of hydrogen-bond acceptors (Lipinski definition) is 16. The monoisotopic (exact) mass is 1050 g/mol. The Morgan fingerprint density at radius 2 is 0.896 bits per heavy atom. The number of pyridine rings is 5. The largest absolute Gasteiger partial charge is 0.427 e. The lowest BCUT2D eigenvalue weighted by atomic mass is 9.89. The number of fused-ring (bicyclic) bond motifs is 6. The number of nitrogen functional groups attached to an aromatic ring is 3. The predicted molar refractivity (Wildman–Crippen MR) is 284 cm³/mol. The number of hydrogen-bond donors (Lipinski definition) is 9. The van der Waals surface area contributed by atoms with Crippen molar-refractivity contribution in [2.45, 2.75) is 134 Å². The van der Waals surface area contributed by atoms with Crippen LogP contribution in [0.3, 0.4) is 0 Å². The van der Waals surface area contributed by atoms with E-state index in [0.29, 0.717) is 56.2 Å². The molecule has 12 rings (SSSR count). The highest BCUT2D eigenvalue weighted by Crippen LogP contribution is 2.40. The summed E-state index contributed by atoms with van der Waals surface area (Å²) < 4.78 is 6.43. The van der Waals surface area contributed by atoms with Gasteiger partial charge < -0.3 is 48.9 Å². The Bertz CT molecular complexity index is 3570. The Balaban J connectivity index is 0.000000131. The van der Waals surface area contributed by atoms with Gasteiger partial charge in [0.25, 0.3) is 34.4 Å². The van der Waals surface area contributed by atoms with Crippen molar-refractivity contribution in [1.29, 1.82) is 0 Å². The molecule has 3 aliphatic carbocycles. The molecule has 402 valence electrons. The third kappa shape index (κ3) is 9.36. The zero-order chi connectivity index (χ0) is 54.6. The summed E-state index contributed by atoms with van der Waals surface area (Å²) in [7, 11) is 0. The van der Waals surface area contributed by atoms with Crippen LogP contribution < -0.4 is 65.9 Å². The van der Waals surface area contributed by atoms with Crippen molar-refractivity contribution in [3.05, 3.63) is 143 Å². The molecule has 3 aliphatic heterocycles. The van der Waals surface area contributed by atoms with Crippen LogP contribution in [-0.4, -0.2) is 61.3 Å². The molecule has 77 heavy (non-hydrogen) atoms. The molecule has 3 amide bonds. The fourth-order valence-electron chi connectivity index (χ4n) is 11.9. The van der Waals surface area contributed by atoms with E-state index in [2.05, 4.69) is 41.2 Å². The van der Waals surface area contributed by atoms with E-state index in [0.717, 1.165) is 111 Å². The van der Waals surface area contributed by atoms with Crippen molar-refractivity contribution >= 4 is 58.1 Å². The molecule has 0 unspecified atom stereocenters. The lowest BCUT2D eigenvalue weighted by Gasteiger charge is -2.35. The van der Waals surface area contributed by atoms with Gasteiger partial charge in [0.1, 0.15) is 80.7 Å². The quantitative estimate of drug-likeness (QED) is 0.111. The molecule has 3 fully saturated rings. The first-order valence-corrected chi connectivity index (χ1v) is 25.9. The van der Waals surface area contributed by atoms with Gasteiger partial charge in [-0.2, -0.15) is 9.46 Å². The average molecular weight is 1050 g/mol. The maximum absolute atomic E-state index is 13.2. The van der Waals surface area contributed by atoms with E-state index in [4.69, 9.17) is 17.2 Å². The van der Waals surface area contributed by atoms with Gasteiger partial charge in [0.15, 0.2) is 0 Å². The maximum atomic E-state index is 13.2. The molecule has 3 spiro atoms. The highest BCUT2D eigenvalue weighted by molar-refractivity contribution is 5.98. The molecular formula is C53H62N16O8. The number of rotatable bonds is 4. The second-order valence-electron chi connectivity index (χ2n) is 20.8. The Morgan fingerprint density at radius 1 is 0.519 bits per heavy atom. The molecule has 0 aromatic carbocycles. The van der Waals surface area contributed by atoms with Gasteiger partial charge in [0.05, 0.1) is 10.7 Å². The van der Waals surface area contributed by atoms with Crippen LogP contribution in [0.2, 0.25) is 0 Å². The summed E-state index contributed by atoms with van der Waals surface area (Å²) in [4.78, 5) is 93.8. The van der Waals surface area contributed by atoms with Crippen LogP contribution in [0.15, 0.2) is 91.6 Å². The molecule has 12 N–H and O–H groups in total. The number of carbonyl (C=O) groups excluding carboxylic acids is 3. The van der Waals surface area contributed by atoms with Crippen molar-refractivity contribution in [3.8, 4) is 0 Å². The number of nitrogens with one attached hydrogen (secondary N) is 4. The van der Waals surface area contributed by atoms with Crippen LogP contribution in [0.1, 0.15) is 144 Å². The van der Waals surface area contributed by atoms with Gasteiger partial charge in [-0.15, -0.1) is 0 Å². The Labute approximate surface area is 440 Å². The number of nitrogens with two attached hydrogens (primary N) is 3. The van der Waals surface area contributed by atoms with Gasteiger partial charge >= 0.3 is 0 Å². The van der Waals surface area contributed by atoms with Gasteiger partial charge in [-0.25, -0.2) is 20.0 Å². The lowest BCUT2D eigenvalue weighted by molar-refractivity contribution is 0.0867. The predicted octanol–water partition coefficient (Wildman–Crippen LogP) is 4.37. The van der Waals surface area contributed by atoms with Crippen molar-refractivity contribution in [3.63, 3.8) is 0 Å². The van der Waals surface area contributed by atoms with Gasteiger partial charge in [-0.3, -0.25) is 42.5 Å². The molecule has 3 saturated carbocycles. The molecule has 0 saturated heterocycles. The summed E-state index contributed by atoms with van der Waals surface area (Å²) in [6, 6.07) is 12.6. The molecule has 24 nitrogen and oxygen atoms in total. The van der Waals surface area contributed by atoms with Crippen LogP contribution >= 0.6 is 0 Å². The van der Waals surface area contributed by atoms with E-state index in [-0.39, 0.29) is 57.4 Å². The number of aromatic nitrogens is 7. The van der Waals surface area contributed by atoms with Crippen LogP contribution in [0.5, 0.6) is 0 Å². The number of amides is 3. The summed E-state index contributed by atoms with van der Waals surface area (Å²) in [6.45, 7) is 5.46. The third-order valence-electron chi connectivity index (χ3n) is 15.5. The summed E-state index contributed by atoms with van der Waals surface area (Å²) in [6.07, 6.45) is 17.8. The second kappa shape index (κ2) is 20.0. The van der Waals surface area contributed by atoms with Gasteiger partial charge in [-0.1, -0.05) is 19.3 Å². The minimum absolute atomic E-state index is 0.116. The molecule has 24 heteroatoms. The van der Waals surface area contributed by atoms with Crippen molar-refractivity contribution in [2.24, 2.45) is 9.98 Å². The molecule has 0 radical (unpaired) electrons. The third-order valence-corrected chi connectivity index (χ3v) is 15.5. The summed E-state index contributed by atoms with van der Waals surface area (Å²) in [5.41, 5.74) is 18.7. The molecule has 9 heterocycles. The van der Waals surface area contributed by atoms with Gasteiger partial charge in [0.2, 0.25) is 0 Å². The highest BCUT2D eigenvalue weighted by Gasteiger charge is 2.48. The number of anilines is 5. The molecule has 6 aromatic rings. The fourth-order valence-corrected chi connectivity index (χ4v) is 11.9. The van der Waals surface area contributed by atoms with E-state index in [1.165, 1.54) is 30.9 Å². The average Bonchev–Trinajstić information content (AvgIpc) is 4.19. The van der Waals surface area contributed by atoms with Gasteiger partial charge in [0, 0.05) is 30.6 Å². The standard InChI is InChI=1S/2C18H21N5O3.C17H20N6O2/c2*1-11-9-13(20-12-5-8-22(26)14(19)10-12)17(25)23-15(11)16(24)21-18(23)6-3-2-4-7-18;1-10-7-11(21-13-8-12(18)19-9-20-13)16(25)23-14(10)15(24)22-17(23)5-3-2-4-6-17/h2*5,8-10,26H,2-4,6-7,19H2,1H3,(H,21,24);7-9H,2-6H2,1H3,(H,22,24)(H3,18,19,20,21). The molecule has 6 aliphatic rings. The van der Waals surface area contributed by atoms with E-state index in [1.807, 2.05) is 20.8 Å². The zero-order valence-corrected chi connectivity index (χ0v) is 43.1. The Hall–Kier alpha value is -8.96. The van der Waals surface area contributed by atoms with E-state index in [9.17, 15) is 39.2 Å². The first-order chi connectivity index (χ1) is 36.8. The van der Waals surface area contributed by atoms with E-state index >= 15 is 0 Å². The number of carbonyl (C=O) groups is 3. The summed E-state index contributed by atoms with van der Waals surface area (Å²) >= 11 is 0. The SMILES string of the molecule is Cc1cc(N=c2ccn(O)c(N)c2)c(=O)n2c1C(=O)NC21CCCCC1.Cc1cc(N=c2ccn(O)c(N)c2)c(=O)n2c1C(=O)NC21CCCCC1.Cc1cc(Nc2cc(N)ncn2)c(=O)n2c1C(=O)NC21CCCCC1. The fraction of sp³-hybridized carbons (Fsp3) is 0.396. The highest BCUT2D eigenvalue weighted by atomic mass is 16.5. The van der Waals surface area contributed by atoms with Crippen molar-refractivity contribution in [1.82, 2.24) is 49.1 Å². The second-order valence-corrected chi connectivity index (χ2v) is 20.8.